The van der Waals surface area contributed by atoms with Gasteiger partial charge in [-0.3, -0.25) is 4.21 Å². The second-order valence-corrected chi connectivity index (χ2v) is 6.61. The molecule has 21 heavy (non-hydrogen) atoms. The summed E-state index contributed by atoms with van der Waals surface area (Å²) >= 11 is 0. The van der Waals surface area contributed by atoms with Crippen molar-refractivity contribution >= 4 is 21.8 Å². The number of hydrogen-bond acceptors (Lipinski definition) is 3. The molecule has 1 unspecified atom stereocenters. The van der Waals surface area contributed by atoms with E-state index in [1.807, 2.05) is 50.0 Å². The highest BCUT2D eigenvalue weighted by Gasteiger charge is 2.13. The first kappa shape index (κ1) is 13.9. The summed E-state index contributed by atoms with van der Waals surface area (Å²) in [5.41, 5.74) is 4.85. The molecule has 1 atom stereocenters. The minimum Gasteiger partial charge on any atom is -0.335 e. The van der Waals surface area contributed by atoms with Gasteiger partial charge >= 0.3 is 0 Å². The van der Waals surface area contributed by atoms with E-state index in [1.165, 1.54) is 0 Å². The van der Waals surface area contributed by atoms with E-state index in [2.05, 4.69) is 16.0 Å². The Labute approximate surface area is 126 Å². The van der Waals surface area contributed by atoms with Gasteiger partial charge in [0.15, 0.2) is 0 Å². The molecule has 0 aromatic carbocycles. The molecule has 0 saturated carbocycles. The Morgan fingerprint density at radius 3 is 2.71 bits per heavy atom. The van der Waals surface area contributed by atoms with Crippen molar-refractivity contribution in [3.63, 3.8) is 0 Å². The van der Waals surface area contributed by atoms with Crippen LogP contribution in [-0.2, 0) is 17.8 Å². The second kappa shape index (κ2) is 5.07. The molecule has 3 aromatic rings. The number of aromatic nitrogens is 3. The summed E-state index contributed by atoms with van der Waals surface area (Å²) in [6.45, 7) is 3.96. The molecule has 0 bridgehead atoms. The highest BCUT2D eigenvalue weighted by molar-refractivity contribution is 7.84. The molecule has 0 aliphatic rings. The van der Waals surface area contributed by atoms with Crippen molar-refractivity contribution in [1.29, 1.82) is 0 Å². The van der Waals surface area contributed by atoms with Crippen molar-refractivity contribution < 1.29 is 4.21 Å². The van der Waals surface area contributed by atoms with Crippen molar-refractivity contribution in [3.05, 3.63) is 41.7 Å². The Hall–Kier alpha value is -2.01. The molecule has 0 saturated heterocycles. The Morgan fingerprint density at radius 1 is 1.24 bits per heavy atom. The molecule has 0 amide bonds. The van der Waals surface area contributed by atoms with E-state index < -0.39 is 10.8 Å². The van der Waals surface area contributed by atoms with Crippen molar-refractivity contribution in [3.8, 4) is 11.3 Å². The van der Waals surface area contributed by atoms with Crippen LogP contribution in [0.4, 0.5) is 0 Å². The van der Waals surface area contributed by atoms with Gasteiger partial charge < -0.3 is 4.57 Å². The van der Waals surface area contributed by atoms with Crippen molar-refractivity contribution in [2.75, 3.05) is 6.26 Å². The van der Waals surface area contributed by atoms with Crippen LogP contribution in [0.25, 0.3) is 22.3 Å². The van der Waals surface area contributed by atoms with Gasteiger partial charge in [-0.2, -0.15) is 0 Å². The molecule has 4 nitrogen and oxygen atoms in total. The molecule has 0 aliphatic carbocycles. The Morgan fingerprint density at radius 2 is 2.00 bits per heavy atom. The first-order valence-electron chi connectivity index (χ1n) is 6.70. The fraction of sp³-hybridized carbons (Fsp3) is 0.250. The Kier molecular flexibility index (Phi) is 3.37. The minimum atomic E-state index is -1.09. The topological polar surface area (TPSA) is 47.8 Å². The molecule has 3 aromatic heterocycles. The molecule has 0 spiro atoms. The van der Waals surface area contributed by atoms with E-state index >= 15 is 0 Å². The van der Waals surface area contributed by atoms with Crippen LogP contribution in [0.15, 0.2) is 35.6 Å². The van der Waals surface area contributed by atoms with Crippen LogP contribution >= 0.6 is 0 Å². The maximum atomic E-state index is 11.8. The van der Waals surface area contributed by atoms with E-state index in [4.69, 9.17) is 0 Å². The molecule has 0 fully saturated rings. The zero-order valence-electron chi connectivity index (χ0n) is 12.5. The highest BCUT2D eigenvalue weighted by atomic mass is 32.2. The summed E-state index contributed by atoms with van der Waals surface area (Å²) in [5, 5.41) is 1.71. The quantitative estimate of drug-likeness (QED) is 0.731. The van der Waals surface area contributed by atoms with Gasteiger partial charge in [0.2, 0.25) is 0 Å². The lowest BCUT2D eigenvalue weighted by atomic mass is 10.1. The predicted molar refractivity (Wildman–Crippen MR) is 85.8 cm³/mol. The summed E-state index contributed by atoms with van der Waals surface area (Å²) < 4.78 is 13.8. The van der Waals surface area contributed by atoms with Gasteiger partial charge in [-0.15, -0.1) is 0 Å². The van der Waals surface area contributed by atoms with Gasteiger partial charge in [0.25, 0.3) is 0 Å². The Balaban J connectivity index is 2.28. The second-order valence-electron chi connectivity index (χ2n) is 5.31. The van der Waals surface area contributed by atoms with Crippen LogP contribution in [-0.4, -0.2) is 25.0 Å². The van der Waals surface area contributed by atoms with Crippen molar-refractivity contribution in [2.24, 2.45) is 7.05 Å². The van der Waals surface area contributed by atoms with Gasteiger partial charge in [0.05, 0.1) is 16.5 Å². The molecular weight excluding hydrogens is 282 g/mol. The van der Waals surface area contributed by atoms with E-state index in [-0.39, 0.29) is 0 Å². The third-order valence-electron chi connectivity index (χ3n) is 3.55. The van der Waals surface area contributed by atoms with E-state index in [9.17, 15) is 4.21 Å². The average Bonchev–Trinajstić information content (AvgIpc) is 2.76. The number of nitrogens with zero attached hydrogens (tertiary/aromatic N) is 3. The van der Waals surface area contributed by atoms with E-state index in [0.29, 0.717) is 5.03 Å². The van der Waals surface area contributed by atoms with Crippen LogP contribution in [0.5, 0.6) is 0 Å². The number of hydrogen-bond donors (Lipinski definition) is 0. The fourth-order valence-electron chi connectivity index (χ4n) is 2.52. The summed E-state index contributed by atoms with van der Waals surface area (Å²) in [6.07, 6.45) is 5.55. The molecule has 0 N–H and O–H groups in total. The Bertz CT molecular complexity index is 867. The zero-order chi connectivity index (χ0) is 15.1. The van der Waals surface area contributed by atoms with Crippen LogP contribution in [0, 0.1) is 13.8 Å². The van der Waals surface area contributed by atoms with Crippen molar-refractivity contribution in [2.45, 2.75) is 18.9 Å². The van der Waals surface area contributed by atoms with Crippen molar-refractivity contribution in [1.82, 2.24) is 14.5 Å². The summed E-state index contributed by atoms with van der Waals surface area (Å²) in [7, 11) is 0.884. The molecule has 0 radical (unpaired) electrons. The maximum absolute atomic E-state index is 11.8. The van der Waals surface area contributed by atoms with E-state index in [0.717, 1.165) is 33.4 Å². The first-order valence-corrected chi connectivity index (χ1v) is 8.26. The minimum absolute atomic E-state index is 0.644. The van der Waals surface area contributed by atoms with Gasteiger partial charge in [0, 0.05) is 36.6 Å². The predicted octanol–water partition coefficient (Wildman–Crippen LogP) is 2.99. The molecular formula is C16H17N3OS. The fourth-order valence-corrected chi connectivity index (χ4v) is 3.27. The summed E-state index contributed by atoms with van der Waals surface area (Å²) in [4.78, 5) is 9.07. The zero-order valence-corrected chi connectivity index (χ0v) is 13.4. The molecule has 108 valence electrons. The smallest absolute Gasteiger partial charge is 0.140 e. The number of fused-ring (bicyclic) bond motifs is 1. The molecule has 3 rings (SSSR count). The van der Waals surface area contributed by atoms with E-state index in [1.54, 1.807) is 6.26 Å². The van der Waals surface area contributed by atoms with Crippen LogP contribution in [0.1, 0.15) is 11.1 Å². The number of rotatable bonds is 2. The van der Waals surface area contributed by atoms with Gasteiger partial charge in [-0.25, -0.2) is 9.97 Å². The molecule has 0 aliphatic heterocycles. The number of pyridine rings is 2. The third kappa shape index (κ3) is 2.38. The van der Waals surface area contributed by atoms with Crippen LogP contribution in [0.3, 0.4) is 0 Å². The SMILES string of the molecule is Cc1cnc2c(c1)c(-c1ccc(C)c(S(C)=O)n1)cn2C. The first-order chi connectivity index (χ1) is 9.97. The third-order valence-corrected chi connectivity index (χ3v) is 4.51. The standard InChI is InChI=1S/C16H17N3OS/c1-10-7-12-13(9-19(3)15(12)17-8-10)14-6-5-11(2)16(18-14)21(4)20/h5-9H,1-4H3. The monoisotopic (exact) mass is 299 g/mol. The maximum Gasteiger partial charge on any atom is 0.140 e. The lowest BCUT2D eigenvalue weighted by molar-refractivity contribution is 0.683. The lowest BCUT2D eigenvalue weighted by Crippen LogP contribution is -1.97. The van der Waals surface area contributed by atoms with Crippen LogP contribution in [0.2, 0.25) is 0 Å². The lowest BCUT2D eigenvalue weighted by Gasteiger charge is -2.05. The summed E-state index contributed by atoms with van der Waals surface area (Å²) in [5.74, 6) is 0. The largest absolute Gasteiger partial charge is 0.335 e. The van der Waals surface area contributed by atoms with Crippen LogP contribution < -0.4 is 0 Å². The van der Waals surface area contributed by atoms with Gasteiger partial charge in [0.1, 0.15) is 10.7 Å². The summed E-state index contributed by atoms with van der Waals surface area (Å²) in [6, 6.07) is 6.06. The van der Waals surface area contributed by atoms with Gasteiger partial charge in [-0.1, -0.05) is 6.07 Å². The average molecular weight is 299 g/mol. The van der Waals surface area contributed by atoms with Gasteiger partial charge in [-0.05, 0) is 37.1 Å². The highest BCUT2D eigenvalue weighted by Crippen LogP contribution is 2.29. The molecule has 3 heterocycles. The number of aryl methyl sites for hydroxylation is 3. The molecule has 5 heteroatoms. The normalized spacial score (nSPS) is 12.8.